The lowest BCUT2D eigenvalue weighted by molar-refractivity contribution is -0.911. The van der Waals surface area contributed by atoms with E-state index in [-0.39, 0.29) is 6.09 Å². The molecule has 1 unspecified atom stereocenters. The molecule has 116 valence electrons. The summed E-state index contributed by atoms with van der Waals surface area (Å²) in [7, 11) is 0. The number of rotatable bonds is 3. The second-order valence-electron chi connectivity index (χ2n) is 5.20. The summed E-state index contributed by atoms with van der Waals surface area (Å²) in [6, 6.07) is 5.62. The maximum Gasteiger partial charge on any atom is 0.409 e. The second kappa shape index (κ2) is 7.87. The Hall–Kier alpha value is -0.970. The van der Waals surface area contributed by atoms with E-state index in [9.17, 15) is 4.79 Å². The number of quaternary nitrogens is 1. The molecule has 0 aromatic heterocycles. The van der Waals surface area contributed by atoms with Crippen molar-refractivity contribution in [1.82, 2.24) is 4.90 Å². The van der Waals surface area contributed by atoms with Crippen LogP contribution in [-0.4, -0.2) is 43.8 Å². The number of nitrogens with one attached hydrogen (secondary N) is 1. The molecule has 1 saturated heterocycles. The van der Waals surface area contributed by atoms with Gasteiger partial charge >= 0.3 is 6.09 Å². The molecule has 1 aromatic rings. The van der Waals surface area contributed by atoms with Crippen molar-refractivity contribution in [2.75, 3.05) is 32.8 Å². The summed E-state index contributed by atoms with van der Waals surface area (Å²) in [6.45, 7) is 6.51. The molecular weight excluding hydrogens is 311 g/mol. The Morgan fingerprint density at radius 1 is 1.33 bits per heavy atom. The predicted octanol–water partition coefficient (Wildman–Crippen LogP) is 2.24. The molecule has 21 heavy (non-hydrogen) atoms. The maximum absolute atomic E-state index is 11.8. The van der Waals surface area contributed by atoms with Crippen LogP contribution in [0.1, 0.15) is 18.9 Å². The molecule has 1 fully saturated rings. The van der Waals surface area contributed by atoms with Gasteiger partial charge in [0, 0.05) is 23.6 Å². The highest BCUT2D eigenvalue weighted by molar-refractivity contribution is 6.35. The van der Waals surface area contributed by atoms with Gasteiger partial charge in [0.15, 0.2) is 0 Å². The fraction of sp³-hybridized carbons (Fsp3) is 0.533. The van der Waals surface area contributed by atoms with Crippen molar-refractivity contribution in [3.8, 4) is 0 Å². The molecule has 1 N–H and O–H groups in total. The van der Waals surface area contributed by atoms with Crippen molar-refractivity contribution in [3.63, 3.8) is 0 Å². The minimum atomic E-state index is -0.205. The topological polar surface area (TPSA) is 34.0 Å². The Balaban J connectivity index is 1.92. The average molecular weight is 332 g/mol. The van der Waals surface area contributed by atoms with E-state index in [0.717, 1.165) is 44.7 Å². The molecule has 0 aliphatic carbocycles. The first kappa shape index (κ1) is 16.4. The van der Waals surface area contributed by atoms with Crippen LogP contribution in [0.2, 0.25) is 10.0 Å². The van der Waals surface area contributed by atoms with Crippen molar-refractivity contribution in [1.29, 1.82) is 0 Å². The Kier molecular flexibility index (Phi) is 6.15. The van der Waals surface area contributed by atoms with Crippen LogP contribution < -0.4 is 4.90 Å². The standard InChI is InChI=1S/C15H20Cl2N2O2/c1-2-21-15(20)19-7-3-6-18(8-9-19)11-12-4-5-13(16)10-14(12)17/h4-5,10H,2-3,6-9,11H2,1H3/p+1. The molecule has 4 nitrogen and oxygen atoms in total. The molecule has 0 spiro atoms. The molecule has 1 aliphatic rings. The number of nitrogens with zero attached hydrogens (tertiary/aromatic N) is 1. The number of halogens is 2. The summed E-state index contributed by atoms with van der Waals surface area (Å²) < 4.78 is 5.06. The monoisotopic (exact) mass is 331 g/mol. The van der Waals surface area contributed by atoms with Gasteiger partial charge in [0.05, 0.1) is 31.3 Å². The SMILES string of the molecule is CCOC(=O)N1CCC[NH+](Cc2ccc(Cl)cc2Cl)CC1. The van der Waals surface area contributed by atoms with Crippen LogP contribution in [0.5, 0.6) is 0 Å². The van der Waals surface area contributed by atoms with Crippen LogP contribution in [-0.2, 0) is 11.3 Å². The normalized spacial score (nSPS) is 19.2. The van der Waals surface area contributed by atoms with Gasteiger partial charge in [0.2, 0.25) is 0 Å². The first-order chi connectivity index (χ1) is 10.1. The van der Waals surface area contributed by atoms with Gasteiger partial charge in [-0.1, -0.05) is 29.3 Å². The third-order valence-electron chi connectivity index (χ3n) is 3.68. The molecule has 1 amide bonds. The van der Waals surface area contributed by atoms with E-state index >= 15 is 0 Å². The zero-order valence-corrected chi connectivity index (χ0v) is 13.7. The first-order valence-electron chi connectivity index (χ1n) is 7.29. The number of carbonyl (C=O) groups is 1. The summed E-state index contributed by atoms with van der Waals surface area (Å²) in [5.74, 6) is 0. The predicted molar refractivity (Wildman–Crippen MR) is 84.1 cm³/mol. The van der Waals surface area contributed by atoms with Crippen LogP contribution in [0.3, 0.4) is 0 Å². The van der Waals surface area contributed by atoms with Crippen molar-refractivity contribution >= 4 is 29.3 Å². The Morgan fingerprint density at radius 2 is 2.14 bits per heavy atom. The van der Waals surface area contributed by atoms with E-state index < -0.39 is 0 Å². The molecule has 1 aromatic carbocycles. The van der Waals surface area contributed by atoms with Crippen molar-refractivity contribution in [2.24, 2.45) is 0 Å². The molecular formula is C15H21Cl2N2O2+. The third-order valence-corrected chi connectivity index (χ3v) is 4.26. The van der Waals surface area contributed by atoms with Gasteiger partial charge in [-0.15, -0.1) is 0 Å². The van der Waals surface area contributed by atoms with E-state index in [1.165, 1.54) is 4.90 Å². The average Bonchev–Trinajstić information content (AvgIpc) is 2.68. The summed E-state index contributed by atoms with van der Waals surface area (Å²) >= 11 is 12.1. The zero-order valence-electron chi connectivity index (χ0n) is 12.2. The summed E-state index contributed by atoms with van der Waals surface area (Å²) in [6.07, 6.45) is 0.766. The lowest BCUT2D eigenvalue weighted by Crippen LogP contribution is -3.11. The van der Waals surface area contributed by atoms with Gasteiger partial charge in [-0.05, 0) is 19.1 Å². The maximum atomic E-state index is 11.8. The number of hydrogen-bond acceptors (Lipinski definition) is 2. The minimum absolute atomic E-state index is 0.205. The molecule has 1 heterocycles. The van der Waals surface area contributed by atoms with E-state index in [1.54, 1.807) is 11.0 Å². The fourth-order valence-corrected chi connectivity index (χ4v) is 3.03. The Labute approximate surface area is 135 Å². The molecule has 0 bridgehead atoms. The molecule has 0 saturated carbocycles. The largest absolute Gasteiger partial charge is 0.450 e. The van der Waals surface area contributed by atoms with Gasteiger partial charge < -0.3 is 14.5 Å². The second-order valence-corrected chi connectivity index (χ2v) is 6.05. The summed E-state index contributed by atoms with van der Waals surface area (Å²) in [5.41, 5.74) is 1.10. The van der Waals surface area contributed by atoms with Crippen LogP contribution in [0.25, 0.3) is 0 Å². The smallest absolute Gasteiger partial charge is 0.409 e. The third kappa shape index (κ3) is 4.77. The number of ether oxygens (including phenoxy) is 1. The summed E-state index contributed by atoms with van der Waals surface area (Å²) in [4.78, 5) is 15.0. The van der Waals surface area contributed by atoms with Crippen molar-refractivity contribution in [3.05, 3.63) is 33.8 Å². The van der Waals surface area contributed by atoms with Gasteiger partial charge in [0.1, 0.15) is 6.54 Å². The lowest BCUT2D eigenvalue weighted by Gasteiger charge is -2.19. The van der Waals surface area contributed by atoms with E-state index in [4.69, 9.17) is 27.9 Å². The van der Waals surface area contributed by atoms with Crippen molar-refractivity contribution in [2.45, 2.75) is 19.9 Å². The first-order valence-corrected chi connectivity index (χ1v) is 8.05. The van der Waals surface area contributed by atoms with Gasteiger partial charge in [-0.3, -0.25) is 0 Å². The molecule has 1 atom stereocenters. The highest BCUT2D eigenvalue weighted by Gasteiger charge is 2.22. The molecule has 2 rings (SSSR count). The van der Waals surface area contributed by atoms with Gasteiger partial charge in [0.25, 0.3) is 0 Å². The zero-order chi connectivity index (χ0) is 15.2. The van der Waals surface area contributed by atoms with E-state index in [0.29, 0.717) is 16.7 Å². The number of carbonyl (C=O) groups excluding carboxylic acids is 1. The van der Waals surface area contributed by atoms with Crippen LogP contribution >= 0.6 is 23.2 Å². The molecule has 6 heteroatoms. The van der Waals surface area contributed by atoms with Crippen LogP contribution in [0, 0.1) is 0 Å². The Morgan fingerprint density at radius 3 is 2.86 bits per heavy atom. The van der Waals surface area contributed by atoms with E-state index in [1.807, 2.05) is 19.1 Å². The number of benzene rings is 1. The fourth-order valence-electron chi connectivity index (χ4n) is 2.56. The van der Waals surface area contributed by atoms with Crippen LogP contribution in [0.4, 0.5) is 4.79 Å². The molecule has 0 radical (unpaired) electrons. The minimum Gasteiger partial charge on any atom is -0.450 e. The lowest BCUT2D eigenvalue weighted by atomic mass is 10.2. The van der Waals surface area contributed by atoms with E-state index in [2.05, 4.69) is 0 Å². The van der Waals surface area contributed by atoms with Crippen molar-refractivity contribution < 1.29 is 14.4 Å². The van der Waals surface area contributed by atoms with Crippen LogP contribution in [0.15, 0.2) is 18.2 Å². The van der Waals surface area contributed by atoms with Gasteiger partial charge in [-0.2, -0.15) is 0 Å². The van der Waals surface area contributed by atoms with Gasteiger partial charge in [-0.25, -0.2) is 4.79 Å². The summed E-state index contributed by atoms with van der Waals surface area (Å²) in [5, 5.41) is 1.37. The molecule has 1 aliphatic heterocycles. The Bertz CT molecular complexity index is 497. The number of amides is 1. The highest BCUT2D eigenvalue weighted by atomic mass is 35.5. The highest BCUT2D eigenvalue weighted by Crippen LogP contribution is 2.20. The quantitative estimate of drug-likeness (QED) is 0.921. The number of hydrogen-bond donors (Lipinski definition) is 1.